The van der Waals surface area contributed by atoms with Crippen LogP contribution >= 0.6 is 0 Å². The molecule has 1 aromatic carbocycles. The van der Waals surface area contributed by atoms with Crippen LogP contribution in [0.2, 0.25) is 0 Å². The van der Waals surface area contributed by atoms with Crippen LogP contribution in [-0.2, 0) is 0 Å². The van der Waals surface area contributed by atoms with Crippen LogP contribution in [0.25, 0.3) is 0 Å². The highest BCUT2D eigenvalue weighted by atomic mass is 19.1. The van der Waals surface area contributed by atoms with Gasteiger partial charge in [-0.3, -0.25) is 0 Å². The molecule has 1 saturated carbocycles. The lowest BCUT2D eigenvalue weighted by molar-refractivity contribution is 0.118. The van der Waals surface area contributed by atoms with E-state index < -0.39 is 6.10 Å². The Labute approximate surface area is 95.3 Å². The van der Waals surface area contributed by atoms with Crippen LogP contribution in [0, 0.1) is 17.7 Å². The van der Waals surface area contributed by atoms with Crippen molar-refractivity contribution in [2.45, 2.75) is 25.4 Å². The number of rotatable bonds is 4. The van der Waals surface area contributed by atoms with E-state index in [1.807, 2.05) is 6.07 Å². The zero-order valence-electron chi connectivity index (χ0n) is 9.44. The summed E-state index contributed by atoms with van der Waals surface area (Å²) in [4.78, 5) is 0. The molecule has 0 saturated heterocycles. The monoisotopic (exact) mass is 223 g/mol. The predicted molar refractivity (Wildman–Crippen MR) is 61.5 cm³/mol. The lowest BCUT2D eigenvalue weighted by atomic mass is 9.90. The van der Waals surface area contributed by atoms with Gasteiger partial charge >= 0.3 is 0 Å². The maximum atomic E-state index is 13.1. The summed E-state index contributed by atoms with van der Waals surface area (Å²) in [5, 5.41) is 10.2. The van der Waals surface area contributed by atoms with E-state index in [1.54, 1.807) is 6.07 Å². The molecule has 4 unspecified atom stereocenters. The van der Waals surface area contributed by atoms with Gasteiger partial charge in [-0.2, -0.15) is 0 Å². The zero-order valence-corrected chi connectivity index (χ0v) is 9.44. The molecule has 0 heterocycles. The van der Waals surface area contributed by atoms with Crippen LogP contribution in [0.15, 0.2) is 24.3 Å². The fraction of sp³-hybridized carbons (Fsp3) is 0.538. The fourth-order valence-corrected chi connectivity index (χ4v) is 2.34. The lowest BCUT2D eigenvalue weighted by Crippen LogP contribution is -2.28. The largest absolute Gasteiger partial charge is 0.392 e. The number of hydrogen-bond acceptors (Lipinski definition) is 2. The van der Waals surface area contributed by atoms with Crippen molar-refractivity contribution in [2.24, 2.45) is 17.6 Å². The lowest BCUT2D eigenvalue weighted by Gasteiger charge is -2.22. The second kappa shape index (κ2) is 4.52. The molecule has 16 heavy (non-hydrogen) atoms. The summed E-state index contributed by atoms with van der Waals surface area (Å²) >= 11 is 0. The molecule has 0 aromatic heterocycles. The molecule has 0 spiro atoms. The summed E-state index contributed by atoms with van der Waals surface area (Å²) in [7, 11) is 0. The summed E-state index contributed by atoms with van der Waals surface area (Å²) in [6.45, 7) is 2.47. The maximum absolute atomic E-state index is 13.1. The molecule has 1 aromatic rings. The molecule has 2 nitrogen and oxygen atoms in total. The zero-order chi connectivity index (χ0) is 11.7. The van der Waals surface area contributed by atoms with Crippen molar-refractivity contribution in [2.75, 3.05) is 6.54 Å². The summed E-state index contributed by atoms with van der Waals surface area (Å²) < 4.78 is 13.1. The minimum atomic E-state index is -0.443. The van der Waals surface area contributed by atoms with Crippen molar-refractivity contribution < 1.29 is 9.50 Å². The van der Waals surface area contributed by atoms with E-state index >= 15 is 0 Å². The van der Waals surface area contributed by atoms with E-state index in [0.29, 0.717) is 18.4 Å². The van der Waals surface area contributed by atoms with Crippen LogP contribution in [0.4, 0.5) is 4.39 Å². The van der Waals surface area contributed by atoms with Gasteiger partial charge in [-0.05, 0) is 36.0 Å². The number of benzene rings is 1. The van der Waals surface area contributed by atoms with Crippen LogP contribution in [0.5, 0.6) is 0 Å². The Balaban J connectivity index is 2.15. The Bertz CT molecular complexity index is 369. The van der Waals surface area contributed by atoms with Crippen molar-refractivity contribution in [3.63, 3.8) is 0 Å². The summed E-state index contributed by atoms with van der Waals surface area (Å²) in [5.41, 5.74) is 6.48. The van der Waals surface area contributed by atoms with Crippen LogP contribution in [0.3, 0.4) is 0 Å². The summed E-state index contributed by atoms with van der Waals surface area (Å²) in [6, 6.07) is 6.37. The summed E-state index contributed by atoms with van der Waals surface area (Å²) in [6.07, 6.45) is 0.606. The van der Waals surface area contributed by atoms with Crippen molar-refractivity contribution in [1.29, 1.82) is 0 Å². The number of halogens is 1. The molecule has 0 radical (unpaired) electrons. The van der Waals surface area contributed by atoms with E-state index in [0.717, 1.165) is 12.0 Å². The van der Waals surface area contributed by atoms with Crippen molar-refractivity contribution in [3.05, 3.63) is 35.6 Å². The Hall–Kier alpha value is -0.930. The van der Waals surface area contributed by atoms with E-state index in [4.69, 9.17) is 5.73 Å². The van der Waals surface area contributed by atoms with Crippen molar-refractivity contribution in [1.82, 2.24) is 0 Å². The average molecular weight is 223 g/mol. The van der Waals surface area contributed by atoms with Gasteiger partial charge in [-0.1, -0.05) is 19.1 Å². The normalized spacial score (nSPS) is 27.5. The van der Waals surface area contributed by atoms with Crippen LogP contribution in [-0.4, -0.2) is 17.8 Å². The van der Waals surface area contributed by atoms with Crippen LogP contribution in [0.1, 0.15) is 24.8 Å². The van der Waals surface area contributed by atoms with Gasteiger partial charge in [0.1, 0.15) is 5.82 Å². The smallest absolute Gasteiger partial charge is 0.123 e. The van der Waals surface area contributed by atoms with Crippen molar-refractivity contribution in [3.8, 4) is 0 Å². The third-order valence-corrected chi connectivity index (χ3v) is 3.55. The molecule has 0 amide bonds. The highest BCUT2D eigenvalue weighted by Gasteiger charge is 2.42. The van der Waals surface area contributed by atoms with E-state index in [1.165, 1.54) is 12.1 Å². The molecular weight excluding hydrogens is 205 g/mol. The van der Waals surface area contributed by atoms with E-state index in [9.17, 15) is 9.50 Å². The molecule has 1 aliphatic rings. The third kappa shape index (κ3) is 2.25. The third-order valence-electron chi connectivity index (χ3n) is 3.55. The Morgan fingerprint density at radius 1 is 1.56 bits per heavy atom. The van der Waals surface area contributed by atoms with Gasteiger partial charge in [0, 0.05) is 12.5 Å². The van der Waals surface area contributed by atoms with E-state index in [2.05, 4.69) is 6.92 Å². The van der Waals surface area contributed by atoms with Crippen molar-refractivity contribution >= 4 is 0 Å². The van der Waals surface area contributed by atoms with Gasteiger partial charge < -0.3 is 10.8 Å². The predicted octanol–water partition coefficient (Wildman–Crippen LogP) is 1.88. The van der Waals surface area contributed by atoms with Gasteiger partial charge in [0.05, 0.1) is 6.10 Å². The van der Waals surface area contributed by atoms with Crippen LogP contribution < -0.4 is 5.73 Å². The fourth-order valence-electron chi connectivity index (χ4n) is 2.34. The SMILES string of the molecule is CC1CC1C(O)C(CN)c1cccc(F)c1. The molecule has 0 bridgehead atoms. The minimum Gasteiger partial charge on any atom is -0.392 e. The molecule has 2 rings (SSSR count). The highest BCUT2D eigenvalue weighted by Crippen LogP contribution is 2.44. The average Bonchev–Trinajstić information content (AvgIpc) is 2.96. The Morgan fingerprint density at radius 2 is 2.25 bits per heavy atom. The molecular formula is C13H18FNO. The molecule has 4 atom stereocenters. The number of hydrogen-bond donors (Lipinski definition) is 2. The molecule has 1 aliphatic carbocycles. The van der Waals surface area contributed by atoms with Gasteiger partial charge in [0.15, 0.2) is 0 Å². The van der Waals surface area contributed by atoms with Gasteiger partial charge in [-0.25, -0.2) is 4.39 Å². The van der Waals surface area contributed by atoms with Gasteiger partial charge in [0.2, 0.25) is 0 Å². The topological polar surface area (TPSA) is 46.2 Å². The number of aliphatic hydroxyl groups is 1. The molecule has 0 aliphatic heterocycles. The first-order valence-corrected chi connectivity index (χ1v) is 5.77. The first-order chi connectivity index (χ1) is 7.63. The summed E-state index contributed by atoms with van der Waals surface area (Å²) in [5.74, 6) is 0.479. The maximum Gasteiger partial charge on any atom is 0.123 e. The first-order valence-electron chi connectivity index (χ1n) is 5.77. The Morgan fingerprint density at radius 3 is 2.75 bits per heavy atom. The number of nitrogens with two attached hydrogens (primary N) is 1. The molecule has 1 fully saturated rings. The minimum absolute atomic E-state index is 0.148. The Kier molecular flexibility index (Phi) is 3.26. The van der Waals surface area contributed by atoms with Gasteiger partial charge in [0.25, 0.3) is 0 Å². The second-order valence-corrected chi connectivity index (χ2v) is 4.76. The number of aliphatic hydroxyl groups excluding tert-OH is 1. The quantitative estimate of drug-likeness (QED) is 0.818. The molecule has 3 heteroatoms. The second-order valence-electron chi connectivity index (χ2n) is 4.76. The van der Waals surface area contributed by atoms with E-state index in [-0.39, 0.29) is 11.7 Å². The highest BCUT2D eigenvalue weighted by molar-refractivity contribution is 5.23. The standard InChI is InChI=1S/C13H18FNO/c1-8-5-11(8)13(16)12(7-15)9-3-2-4-10(14)6-9/h2-4,6,8,11-13,16H,5,7,15H2,1H3. The van der Waals surface area contributed by atoms with Gasteiger partial charge in [-0.15, -0.1) is 0 Å². The molecule has 88 valence electrons. The molecule has 3 N–H and O–H groups in total. The first kappa shape index (κ1) is 11.6.